The first-order valence-electron chi connectivity index (χ1n) is 11.9. The number of anilines is 1. The number of unbranched alkanes of at least 4 members (excludes halogenated alkanes) is 1. The van der Waals surface area contributed by atoms with Crippen LogP contribution < -0.4 is 19.1 Å². The summed E-state index contributed by atoms with van der Waals surface area (Å²) in [6, 6.07) is 10.8. The van der Waals surface area contributed by atoms with E-state index in [1.54, 1.807) is 43.3 Å². The molecule has 1 unspecified atom stereocenters. The minimum absolute atomic E-state index is 0.0395. The van der Waals surface area contributed by atoms with Gasteiger partial charge in [-0.3, -0.25) is 13.9 Å². The number of hydrogen-bond donors (Lipinski definition) is 1. The molecule has 0 bridgehead atoms. The van der Waals surface area contributed by atoms with Crippen LogP contribution in [-0.4, -0.2) is 56.8 Å². The van der Waals surface area contributed by atoms with Gasteiger partial charge in [-0.15, -0.1) is 0 Å². The Morgan fingerprint density at radius 1 is 1.08 bits per heavy atom. The van der Waals surface area contributed by atoms with E-state index >= 15 is 0 Å². The van der Waals surface area contributed by atoms with Crippen LogP contribution in [-0.2, 0) is 26.2 Å². The Kier molecular flexibility index (Phi) is 9.44. The van der Waals surface area contributed by atoms with Gasteiger partial charge in [0.15, 0.2) is 11.5 Å². The highest BCUT2D eigenvalue weighted by Gasteiger charge is 2.31. The van der Waals surface area contributed by atoms with E-state index in [1.165, 1.54) is 17.9 Å². The van der Waals surface area contributed by atoms with E-state index in [1.807, 2.05) is 6.92 Å². The molecule has 0 radical (unpaired) electrons. The maximum atomic E-state index is 13.6. The van der Waals surface area contributed by atoms with E-state index in [0.717, 1.165) is 22.7 Å². The molecule has 0 aromatic heterocycles. The third kappa shape index (κ3) is 6.82. The van der Waals surface area contributed by atoms with Crippen molar-refractivity contribution in [1.29, 1.82) is 0 Å². The molecule has 9 nitrogen and oxygen atoms in total. The number of hydrogen-bond acceptors (Lipinski definition) is 6. The van der Waals surface area contributed by atoms with Crippen LogP contribution >= 0.6 is 11.6 Å². The fourth-order valence-electron chi connectivity index (χ4n) is 3.67. The normalized spacial score (nSPS) is 13.2. The number of nitrogens with zero attached hydrogens (tertiary/aromatic N) is 2. The second-order valence-electron chi connectivity index (χ2n) is 8.41. The number of ether oxygens (including phenoxy) is 2. The summed E-state index contributed by atoms with van der Waals surface area (Å²) in [7, 11) is -3.83. The number of rotatable bonds is 12. The Morgan fingerprint density at radius 3 is 2.44 bits per heavy atom. The maximum Gasteiger partial charge on any atom is 0.244 e. The highest BCUT2D eigenvalue weighted by atomic mass is 35.5. The van der Waals surface area contributed by atoms with Crippen molar-refractivity contribution in [2.75, 3.05) is 29.9 Å². The summed E-state index contributed by atoms with van der Waals surface area (Å²) < 4.78 is 37.8. The summed E-state index contributed by atoms with van der Waals surface area (Å²) in [5.74, 6) is -0.131. The van der Waals surface area contributed by atoms with Gasteiger partial charge < -0.3 is 19.7 Å². The number of halogens is 1. The summed E-state index contributed by atoms with van der Waals surface area (Å²) in [5.41, 5.74) is 1.04. The third-order valence-electron chi connectivity index (χ3n) is 5.89. The maximum absolute atomic E-state index is 13.6. The first kappa shape index (κ1) is 27.6. The van der Waals surface area contributed by atoms with Crippen LogP contribution in [0.1, 0.15) is 39.2 Å². The minimum atomic E-state index is -3.83. The Balaban J connectivity index is 1.90. The molecule has 2 aromatic carbocycles. The molecule has 0 spiro atoms. The van der Waals surface area contributed by atoms with Gasteiger partial charge in [0, 0.05) is 24.2 Å². The molecule has 36 heavy (non-hydrogen) atoms. The van der Waals surface area contributed by atoms with Crippen molar-refractivity contribution in [3.8, 4) is 11.5 Å². The lowest BCUT2D eigenvalue weighted by atomic mass is 10.1. The lowest BCUT2D eigenvalue weighted by molar-refractivity contribution is -0.139. The fourth-order valence-corrected chi connectivity index (χ4v) is 4.84. The molecule has 1 aliphatic heterocycles. The molecule has 1 atom stereocenters. The van der Waals surface area contributed by atoms with Crippen LogP contribution in [0.15, 0.2) is 42.5 Å². The number of fused-ring (bicyclic) bond motifs is 1. The molecule has 2 amide bonds. The summed E-state index contributed by atoms with van der Waals surface area (Å²) in [4.78, 5) is 27.9. The average Bonchev–Trinajstić information content (AvgIpc) is 3.34. The topological polar surface area (TPSA) is 105 Å². The number of sulfonamides is 1. The lowest BCUT2D eigenvalue weighted by Crippen LogP contribution is -2.51. The van der Waals surface area contributed by atoms with Crippen molar-refractivity contribution in [2.45, 2.75) is 46.2 Å². The number of benzene rings is 2. The van der Waals surface area contributed by atoms with Gasteiger partial charge in [-0.1, -0.05) is 37.1 Å². The van der Waals surface area contributed by atoms with Crippen LogP contribution in [0.3, 0.4) is 0 Å². The quantitative estimate of drug-likeness (QED) is 0.415. The first-order chi connectivity index (χ1) is 17.2. The van der Waals surface area contributed by atoms with Gasteiger partial charge in [0.05, 0.1) is 11.4 Å². The van der Waals surface area contributed by atoms with Crippen molar-refractivity contribution < 1.29 is 27.5 Å². The minimum Gasteiger partial charge on any atom is -0.454 e. The number of carbonyl (C=O) groups is 2. The predicted molar refractivity (Wildman–Crippen MR) is 139 cm³/mol. The molecule has 0 aliphatic carbocycles. The standard InChI is InChI=1S/C25H32ClN3O6S/c1-4-6-13-27-25(31)18(3)28(15-19-7-9-20(26)10-8-19)24(30)16-29(36(32,33)5-2)21-11-12-22-23(14-21)35-17-34-22/h7-12,14,18H,4-6,13,15-17H2,1-3H3,(H,27,31). The van der Waals surface area contributed by atoms with Crippen LogP contribution in [0.4, 0.5) is 5.69 Å². The van der Waals surface area contributed by atoms with Gasteiger partial charge in [-0.05, 0) is 50.1 Å². The van der Waals surface area contributed by atoms with E-state index in [9.17, 15) is 18.0 Å². The number of carbonyl (C=O) groups excluding carboxylic acids is 2. The van der Waals surface area contributed by atoms with Crippen molar-refractivity contribution in [2.24, 2.45) is 0 Å². The van der Waals surface area contributed by atoms with E-state index in [4.69, 9.17) is 21.1 Å². The van der Waals surface area contributed by atoms with E-state index in [0.29, 0.717) is 23.1 Å². The second-order valence-corrected chi connectivity index (χ2v) is 11.0. The van der Waals surface area contributed by atoms with Crippen LogP contribution in [0.2, 0.25) is 5.02 Å². The molecule has 0 fully saturated rings. The van der Waals surface area contributed by atoms with Crippen molar-refractivity contribution in [1.82, 2.24) is 10.2 Å². The van der Waals surface area contributed by atoms with Gasteiger partial charge in [-0.25, -0.2) is 8.42 Å². The highest BCUT2D eigenvalue weighted by molar-refractivity contribution is 7.92. The molecule has 0 saturated heterocycles. The molecule has 0 saturated carbocycles. The Morgan fingerprint density at radius 2 is 1.78 bits per heavy atom. The zero-order valence-corrected chi connectivity index (χ0v) is 22.3. The molecular formula is C25H32ClN3O6S. The molecule has 1 aliphatic rings. The Bertz CT molecular complexity index is 1170. The van der Waals surface area contributed by atoms with Crippen LogP contribution in [0, 0.1) is 0 Å². The average molecular weight is 538 g/mol. The molecule has 196 valence electrons. The predicted octanol–water partition coefficient (Wildman–Crippen LogP) is 3.56. The van der Waals surface area contributed by atoms with Crippen molar-refractivity contribution >= 4 is 39.1 Å². The third-order valence-corrected chi connectivity index (χ3v) is 7.88. The van der Waals surface area contributed by atoms with Crippen LogP contribution in [0.5, 0.6) is 11.5 Å². The molecular weight excluding hydrogens is 506 g/mol. The molecule has 2 aromatic rings. The molecule has 1 N–H and O–H groups in total. The van der Waals surface area contributed by atoms with Crippen molar-refractivity contribution in [3.63, 3.8) is 0 Å². The summed E-state index contributed by atoms with van der Waals surface area (Å²) in [5, 5.41) is 3.40. The van der Waals surface area contributed by atoms with E-state index in [-0.39, 0.29) is 30.7 Å². The van der Waals surface area contributed by atoms with Gasteiger partial charge in [0.2, 0.25) is 28.6 Å². The zero-order chi connectivity index (χ0) is 26.3. The highest BCUT2D eigenvalue weighted by Crippen LogP contribution is 2.36. The van der Waals surface area contributed by atoms with Gasteiger partial charge in [-0.2, -0.15) is 0 Å². The number of nitrogens with one attached hydrogen (secondary N) is 1. The first-order valence-corrected chi connectivity index (χ1v) is 13.9. The zero-order valence-electron chi connectivity index (χ0n) is 20.7. The van der Waals surface area contributed by atoms with Crippen molar-refractivity contribution in [3.05, 3.63) is 53.1 Å². The Hall–Kier alpha value is -2.98. The molecule has 1 heterocycles. The van der Waals surface area contributed by atoms with E-state index < -0.39 is 28.5 Å². The summed E-state index contributed by atoms with van der Waals surface area (Å²) in [6.45, 7) is 5.33. The number of amides is 2. The van der Waals surface area contributed by atoms with Gasteiger partial charge >= 0.3 is 0 Å². The van der Waals surface area contributed by atoms with Gasteiger partial charge in [0.25, 0.3) is 0 Å². The largest absolute Gasteiger partial charge is 0.454 e. The van der Waals surface area contributed by atoms with E-state index in [2.05, 4.69) is 5.32 Å². The van der Waals surface area contributed by atoms with Crippen LogP contribution in [0.25, 0.3) is 0 Å². The Labute approximate surface area is 217 Å². The molecule has 3 rings (SSSR count). The molecule has 11 heteroatoms. The second kappa shape index (κ2) is 12.3. The monoisotopic (exact) mass is 537 g/mol. The lowest BCUT2D eigenvalue weighted by Gasteiger charge is -2.32. The smallest absolute Gasteiger partial charge is 0.244 e. The summed E-state index contributed by atoms with van der Waals surface area (Å²) >= 11 is 6.00. The SMILES string of the molecule is CCCCNC(=O)C(C)N(Cc1ccc(Cl)cc1)C(=O)CN(c1ccc2c(c1)OCO2)S(=O)(=O)CC. The van der Waals surface area contributed by atoms with Gasteiger partial charge in [0.1, 0.15) is 12.6 Å². The summed E-state index contributed by atoms with van der Waals surface area (Å²) in [6.07, 6.45) is 1.73. The fraction of sp³-hybridized carbons (Fsp3) is 0.440.